The van der Waals surface area contributed by atoms with Crippen LogP contribution in [-0.4, -0.2) is 10.9 Å². The Morgan fingerprint density at radius 3 is 2.80 bits per heavy atom. The number of anilines is 1. The zero-order valence-corrected chi connectivity index (χ0v) is 11.0. The molecule has 1 heterocycles. The minimum Gasteiger partial charge on any atom is -0.360 e. The molecule has 0 aliphatic carbocycles. The van der Waals surface area contributed by atoms with Gasteiger partial charge >= 0.3 is 0 Å². The first kappa shape index (κ1) is 12.7. The van der Waals surface area contributed by atoms with Crippen molar-refractivity contribution in [2.75, 3.05) is 5.32 Å². The van der Waals surface area contributed by atoms with Crippen LogP contribution in [0, 0.1) is 5.82 Å². The van der Waals surface area contributed by atoms with E-state index in [1.54, 1.807) is 36.5 Å². The van der Waals surface area contributed by atoms with Gasteiger partial charge < -0.3 is 10.3 Å². The number of aromatic nitrogens is 1. The molecule has 3 aromatic rings. The van der Waals surface area contributed by atoms with Crippen LogP contribution in [-0.2, 0) is 0 Å². The monoisotopic (exact) mass is 288 g/mol. The first-order chi connectivity index (χ1) is 9.65. The van der Waals surface area contributed by atoms with E-state index in [-0.39, 0.29) is 11.7 Å². The molecule has 0 radical (unpaired) electrons. The lowest BCUT2D eigenvalue weighted by atomic mass is 10.1. The highest BCUT2D eigenvalue weighted by Crippen LogP contribution is 2.24. The molecule has 3 nitrogen and oxygen atoms in total. The number of amides is 1. The van der Waals surface area contributed by atoms with Crippen LogP contribution in [0.15, 0.2) is 48.7 Å². The molecule has 100 valence electrons. The van der Waals surface area contributed by atoms with Gasteiger partial charge in [0, 0.05) is 17.1 Å². The number of carbonyl (C=O) groups is 1. The van der Waals surface area contributed by atoms with Crippen LogP contribution in [0.1, 0.15) is 10.4 Å². The van der Waals surface area contributed by atoms with E-state index < -0.39 is 0 Å². The second kappa shape index (κ2) is 4.98. The molecule has 0 spiro atoms. The number of carbonyl (C=O) groups excluding carboxylic acids is 1. The zero-order valence-electron chi connectivity index (χ0n) is 10.3. The van der Waals surface area contributed by atoms with E-state index in [0.29, 0.717) is 27.2 Å². The molecule has 0 aliphatic heterocycles. The predicted octanol–water partition coefficient (Wildman–Crippen LogP) is 4.21. The Kier molecular flexibility index (Phi) is 3.16. The maximum atomic E-state index is 13.1. The summed E-state index contributed by atoms with van der Waals surface area (Å²) in [5, 5.41) is 3.86. The fraction of sp³-hybridized carbons (Fsp3) is 0. The van der Waals surface area contributed by atoms with Gasteiger partial charge in [0.05, 0.1) is 16.3 Å². The number of benzene rings is 2. The Hall–Kier alpha value is -2.33. The van der Waals surface area contributed by atoms with Gasteiger partial charge in [-0.25, -0.2) is 4.39 Å². The van der Waals surface area contributed by atoms with Crippen molar-refractivity contribution in [3.8, 4) is 0 Å². The summed E-state index contributed by atoms with van der Waals surface area (Å²) in [6.07, 6.45) is 1.55. The molecule has 0 aliphatic rings. The van der Waals surface area contributed by atoms with Crippen LogP contribution in [0.5, 0.6) is 0 Å². The van der Waals surface area contributed by atoms with E-state index in [0.717, 1.165) is 0 Å². The van der Waals surface area contributed by atoms with Crippen molar-refractivity contribution >= 4 is 34.1 Å². The summed E-state index contributed by atoms with van der Waals surface area (Å²) >= 11 is 6.00. The molecule has 1 amide bonds. The van der Waals surface area contributed by atoms with Gasteiger partial charge in [0.15, 0.2) is 0 Å². The van der Waals surface area contributed by atoms with Crippen molar-refractivity contribution in [2.45, 2.75) is 0 Å². The first-order valence-corrected chi connectivity index (χ1v) is 6.35. The summed E-state index contributed by atoms with van der Waals surface area (Å²) < 4.78 is 13.1. The van der Waals surface area contributed by atoms with Gasteiger partial charge in [-0.15, -0.1) is 0 Å². The van der Waals surface area contributed by atoms with E-state index in [9.17, 15) is 9.18 Å². The van der Waals surface area contributed by atoms with Crippen molar-refractivity contribution in [2.24, 2.45) is 0 Å². The molecule has 20 heavy (non-hydrogen) atoms. The summed E-state index contributed by atoms with van der Waals surface area (Å²) in [6.45, 7) is 0. The number of nitrogens with one attached hydrogen (secondary N) is 2. The third-order valence-corrected chi connectivity index (χ3v) is 3.34. The van der Waals surface area contributed by atoms with Crippen molar-refractivity contribution in [3.05, 3.63) is 65.1 Å². The van der Waals surface area contributed by atoms with Crippen molar-refractivity contribution in [3.63, 3.8) is 0 Å². The van der Waals surface area contributed by atoms with Gasteiger partial charge in [0.2, 0.25) is 0 Å². The van der Waals surface area contributed by atoms with Gasteiger partial charge in [0.1, 0.15) is 5.82 Å². The molecular formula is C15H10ClFN2O. The number of fused-ring (bicyclic) bond motifs is 1. The lowest BCUT2D eigenvalue weighted by molar-refractivity contribution is 0.102. The van der Waals surface area contributed by atoms with Gasteiger partial charge in [-0.3, -0.25) is 4.79 Å². The van der Waals surface area contributed by atoms with Gasteiger partial charge in [0.25, 0.3) is 5.91 Å². The highest BCUT2D eigenvalue weighted by molar-refractivity contribution is 6.34. The largest absolute Gasteiger partial charge is 0.360 e. The lowest BCUT2D eigenvalue weighted by Crippen LogP contribution is -2.11. The zero-order chi connectivity index (χ0) is 14.1. The van der Waals surface area contributed by atoms with E-state index in [1.807, 2.05) is 0 Å². The molecule has 0 saturated carbocycles. The lowest BCUT2D eigenvalue weighted by Gasteiger charge is -2.06. The van der Waals surface area contributed by atoms with Crippen LogP contribution < -0.4 is 5.32 Å². The molecule has 2 N–H and O–H groups in total. The maximum Gasteiger partial charge on any atom is 0.257 e. The van der Waals surface area contributed by atoms with Gasteiger partial charge in [-0.1, -0.05) is 23.7 Å². The summed E-state index contributed by atoms with van der Waals surface area (Å²) in [5.74, 6) is -0.645. The number of aromatic amines is 1. The second-order valence-corrected chi connectivity index (χ2v) is 4.73. The Morgan fingerprint density at radius 1 is 1.20 bits per heavy atom. The standard InChI is InChI=1S/C15H10ClFN2O/c16-12-3-1-2-4-13(12)19-15(20)11-8-18-14-7-9(17)5-6-10(11)14/h1-8,18H,(H,19,20). The summed E-state index contributed by atoms with van der Waals surface area (Å²) in [6, 6.07) is 11.2. The number of para-hydroxylation sites is 1. The Labute approximate surface area is 119 Å². The molecule has 0 unspecified atom stereocenters. The van der Waals surface area contributed by atoms with Crippen molar-refractivity contribution in [1.29, 1.82) is 0 Å². The number of H-pyrrole nitrogens is 1. The van der Waals surface area contributed by atoms with Crippen LogP contribution in [0.4, 0.5) is 10.1 Å². The summed E-state index contributed by atoms with van der Waals surface area (Å²) in [4.78, 5) is 15.1. The number of hydrogen-bond acceptors (Lipinski definition) is 1. The summed E-state index contributed by atoms with van der Waals surface area (Å²) in [7, 11) is 0. The second-order valence-electron chi connectivity index (χ2n) is 4.33. The van der Waals surface area contributed by atoms with Crippen molar-refractivity contribution < 1.29 is 9.18 Å². The quantitative estimate of drug-likeness (QED) is 0.729. The minimum atomic E-state index is -0.350. The number of rotatable bonds is 2. The van der Waals surface area contributed by atoms with Crippen LogP contribution in [0.25, 0.3) is 10.9 Å². The van der Waals surface area contributed by atoms with Crippen LogP contribution in [0.2, 0.25) is 5.02 Å². The third kappa shape index (κ3) is 2.26. The molecule has 2 aromatic carbocycles. The smallest absolute Gasteiger partial charge is 0.257 e. The molecular weight excluding hydrogens is 279 g/mol. The highest BCUT2D eigenvalue weighted by atomic mass is 35.5. The Balaban J connectivity index is 1.95. The van der Waals surface area contributed by atoms with Crippen LogP contribution in [0.3, 0.4) is 0 Å². The SMILES string of the molecule is O=C(Nc1ccccc1Cl)c1c[nH]c2cc(F)ccc12. The van der Waals surface area contributed by atoms with Crippen molar-refractivity contribution in [1.82, 2.24) is 4.98 Å². The average Bonchev–Trinajstić information content (AvgIpc) is 2.84. The van der Waals surface area contributed by atoms with E-state index in [1.165, 1.54) is 12.1 Å². The predicted molar refractivity (Wildman–Crippen MR) is 77.7 cm³/mol. The van der Waals surface area contributed by atoms with E-state index in [2.05, 4.69) is 10.3 Å². The molecule has 3 rings (SSSR count). The maximum absolute atomic E-state index is 13.1. The molecule has 0 atom stereocenters. The number of halogens is 2. The highest BCUT2D eigenvalue weighted by Gasteiger charge is 2.13. The van der Waals surface area contributed by atoms with E-state index in [4.69, 9.17) is 11.6 Å². The number of hydrogen-bond donors (Lipinski definition) is 2. The minimum absolute atomic E-state index is 0.295. The summed E-state index contributed by atoms with van der Waals surface area (Å²) in [5.41, 5.74) is 1.56. The van der Waals surface area contributed by atoms with Gasteiger partial charge in [-0.2, -0.15) is 0 Å². The fourth-order valence-corrected chi connectivity index (χ4v) is 2.22. The topological polar surface area (TPSA) is 44.9 Å². The van der Waals surface area contributed by atoms with Gasteiger partial charge in [-0.05, 0) is 30.3 Å². The molecule has 0 saturated heterocycles. The molecule has 1 aromatic heterocycles. The van der Waals surface area contributed by atoms with E-state index >= 15 is 0 Å². The Morgan fingerprint density at radius 2 is 2.00 bits per heavy atom. The normalized spacial score (nSPS) is 10.7. The van der Waals surface area contributed by atoms with Crippen LogP contribution >= 0.6 is 11.6 Å². The Bertz CT molecular complexity index is 797. The first-order valence-electron chi connectivity index (χ1n) is 5.97. The molecule has 5 heteroatoms. The third-order valence-electron chi connectivity index (χ3n) is 3.01. The fourth-order valence-electron chi connectivity index (χ4n) is 2.04. The average molecular weight is 289 g/mol. The molecule has 0 fully saturated rings. The molecule has 0 bridgehead atoms.